The van der Waals surface area contributed by atoms with Crippen molar-refractivity contribution >= 4 is 17.6 Å². The van der Waals surface area contributed by atoms with Crippen molar-refractivity contribution in [1.82, 2.24) is 10.2 Å². The Labute approximate surface area is 178 Å². The molecule has 3 amide bonds. The van der Waals surface area contributed by atoms with Crippen molar-refractivity contribution in [2.24, 2.45) is 11.3 Å². The fourth-order valence-electron chi connectivity index (χ4n) is 5.25. The molecule has 2 heterocycles. The molecule has 0 atom stereocenters. The Kier molecular flexibility index (Phi) is 5.51. The van der Waals surface area contributed by atoms with E-state index in [0.29, 0.717) is 12.6 Å². The summed E-state index contributed by atoms with van der Waals surface area (Å²) in [7, 11) is 0. The molecule has 0 bridgehead atoms. The number of carbonyl (C=O) groups is 2. The van der Waals surface area contributed by atoms with Gasteiger partial charge in [-0.05, 0) is 61.3 Å². The first-order chi connectivity index (χ1) is 14.2. The zero-order chi connectivity index (χ0) is 21.5. The van der Waals surface area contributed by atoms with Crippen molar-refractivity contribution in [3.63, 3.8) is 0 Å². The molecular formula is C23H34FN4O2+. The molecule has 2 N–H and O–H groups in total. The van der Waals surface area contributed by atoms with Gasteiger partial charge in [-0.2, -0.15) is 0 Å². The predicted octanol–water partition coefficient (Wildman–Crippen LogP) is 2.02. The smallest absolute Gasteiger partial charge is 0.329 e. The second kappa shape index (κ2) is 7.84. The molecule has 3 fully saturated rings. The van der Waals surface area contributed by atoms with E-state index < -0.39 is 5.54 Å². The number of hydrogen-bond donors (Lipinski definition) is 2. The Balaban J connectivity index is 1.33. The highest BCUT2D eigenvalue weighted by atomic mass is 19.1. The maximum absolute atomic E-state index is 13.2. The lowest BCUT2D eigenvalue weighted by Crippen LogP contribution is -3.16. The van der Waals surface area contributed by atoms with E-state index in [2.05, 4.69) is 31.0 Å². The van der Waals surface area contributed by atoms with Crippen LogP contribution in [0.25, 0.3) is 0 Å². The molecule has 0 radical (unpaired) electrons. The van der Waals surface area contributed by atoms with E-state index in [0.717, 1.165) is 57.5 Å². The third kappa shape index (κ3) is 4.04. The van der Waals surface area contributed by atoms with Crippen LogP contribution in [-0.4, -0.2) is 55.2 Å². The molecule has 7 heteroatoms. The number of urea groups is 1. The second-order valence-corrected chi connectivity index (χ2v) is 10.3. The van der Waals surface area contributed by atoms with Crippen LogP contribution in [0.3, 0.4) is 0 Å². The number of imide groups is 1. The lowest BCUT2D eigenvalue weighted by molar-refractivity contribution is -0.907. The quantitative estimate of drug-likeness (QED) is 0.740. The molecule has 1 aromatic rings. The highest BCUT2D eigenvalue weighted by molar-refractivity contribution is 6.06. The third-order valence-electron chi connectivity index (χ3n) is 7.35. The van der Waals surface area contributed by atoms with Crippen LogP contribution in [0.1, 0.15) is 46.5 Å². The third-order valence-corrected chi connectivity index (χ3v) is 7.35. The number of nitrogens with one attached hydrogen (secondary N) is 2. The number of amides is 3. The summed E-state index contributed by atoms with van der Waals surface area (Å²) in [4.78, 5) is 30.8. The molecule has 30 heavy (non-hydrogen) atoms. The van der Waals surface area contributed by atoms with Gasteiger partial charge in [-0.15, -0.1) is 0 Å². The van der Waals surface area contributed by atoms with E-state index in [-0.39, 0.29) is 23.2 Å². The van der Waals surface area contributed by atoms with Crippen LogP contribution in [0.5, 0.6) is 0 Å². The molecule has 164 valence electrons. The zero-order valence-electron chi connectivity index (χ0n) is 18.3. The first-order valence-electron chi connectivity index (χ1n) is 11.2. The second-order valence-electron chi connectivity index (χ2n) is 10.3. The Morgan fingerprint density at radius 2 is 1.70 bits per heavy atom. The van der Waals surface area contributed by atoms with Crippen molar-refractivity contribution in [2.45, 2.75) is 52.0 Å². The minimum atomic E-state index is -0.686. The van der Waals surface area contributed by atoms with Gasteiger partial charge >= 0.3 is 6.03 Å². The molecule has 6 nitrogen and oxygen atoms in total. The number of halogens is 1. The number of piperazine rings is 1. The summed E-state index contributed by atoms with van der Waals surface area (Å²) in [6.07, 6.45) is 3.44. The lowest BCUT2D eigenvalue weighted by Gasteiger charge is -2.40. The van der Waals surface area contributed by atoms with Crippen molar-refractivity contribution in [1.29, 1.82) is 0 Å². The van der Waals surface area contributed by atoms with Gasteiger partial charge in [-0.3, -0.25) is 4.79 Å². The van der Waals surface area contributed by atoms with Crippen LogP contribution >= 0.6 is 0 Å². The Morgan fingerprint density at radius 1 is 1.10 bits per heavy atom. The van der Waals surface area contributed by atoms with E-state index in [1.54, 1.807) is 12.1 Å². The van der Waals surface area contributed by atoms with Crippen LogP contribution in [0.2, 0.25) is 0 Å². The number of quaternary nitrogens is 1. The molecule has 2 aliphatic heterocycles. The summed E-state index contributed by atoms with van der Waals surface area (Å²) in [5, 5.41) is 3.05. The van der Waals surface area contributed by atoms with Gasteiger partial charge in [0.2, 0.25) is 0 Å². The number of hydrogen-bond acceptors (Lipinski definition) is 3. The molecule has 4 rings (SSSR count). The molecule has 0 aromatic heterocycles. The van der Waals surface area contributed by atoms with E-state index >= 15 is 0 Å². The molecule has 0 unspecified atom stereocenters. The number of nitrogens with zero attached hydrogens (tertiary/aromatic N) is 2. The topological polar surface area (TPSA) is 57.1 Å². The van der Waals surface area contributed by atoms with Crippen LogP contribution in [0, 0.1) is 17.2 Å². The minimum absolute atomic E-state index is 0.0340. The number of rotatable bonds is 3. The van der Waals surface area contributed by atoms with E-state index in [9.17, 15) is 14.0 Å². The van der Waals surface area contributed by atoms with Gasteiger partial charge in [0.1, 0.15) is 11.4 Å². The minimum Gasteiger partial charge on any atom is -0.360 e. The Morgan fingerprint density at radius 3 is 2.27 bits per heavy atom. The van der Waals surface area contributed by atoms with Gasteiger partial charge < -0.3 is 15.1 Å². The van der Waals surface area contributed by atoms with Gasteiger partial charge in [0.05, 0.1) is 26.2 Å². The standard InChI is InChI=1S/C23H33FN4O2/c1-22(2,3)17-8-10-23(11-9-17)20(29)28(21(30)25-23)16-26-12-14-27(15-13-26)19-6-4-18(24)5-7-19/h4-7,17H,8-16H2,1-3H3,(H,25,30)/p+1. The zero-order valence-corrected chi connectivity index (χ0v) is 18.3. The SMILES string of the molecule is CC(C)(C)C1CCC2(CC1)NC(=O)N(C[NH+]1CCN(c3ccc(F)cc3)CC1)C2=O. The van der Waals surface area contributed by atoms with Crippen LogP contribution in [0.15, 0.2) is 24.3 Å². The summed E-state index contributed by atoms with van der Waals surface area (Å²) in [6.45, 7) is 10.5. The van der Waals surface area contributed by atoms with Gasteiger partial charge in [0.25, 0.3) is 5.91 Å². The average molecular weight is 418 g/mol. The van der Waals surface area contributed by atoms with Crippen molar-refractivity contribution in [3.8, 4) is 0 Å². The number of benzene rings is 1. The first-order valence-corrected chi connectivity index (χ1v) is 11.2. The summed E-state index contributed by atoms with van der Waals surface area (Å²) in [5.74, 6) is 0.326. The highest BCUT2D eigenvalue weighted by Crippen LogP contribution is 2.43. The molecular weight excluding hydrogens is 383 g/mol. The van der Waals surface area contributed by atoms with E-state index in [4.69, 9.17) is 0 Å². The van der Waals surface area contributed by atoms with Crippen molar-refractivity contribution < 1.29 is 18.9 Å². The van der Waals surface area contributed by atoms with Gasteiger partial charge in [-0.1, -0.05) is 20.8 Å². The fraction of sp³-hybridized carbons (Fsp3) is 0.652. The van der Waals surface area contributed by atoms with Crippen molar-refractivity contribution in [2.75, 3.05) is 37.7 Å². The molecule has 1 saturated carbocycles. The van der Waals surface area contributed by atoms with Crippen LogP contribution < -0.4 is 15.1 Å². The molecule has 3 aliphatic rings. The van der Waals surface area contributed by atoms with E-state index in [1.165, 1.54) is 21.9 Å². The summed E-state index contributed by atoms with van der Waals surface area (Å²) in [5.41, 5.74) is 0.565. The maximum atomic E-state index is 13.2. The number of anilines is 1. The van der Waals surface area contributed by atoms with Crippen molar-refractivity contribution in [3.05, 3.63) is 30.1 Å². The van der Waals surface area contributed by atoms with Gasteiger partial charge in [-0.25, -0.2) is 14.1 Å². The lowest BCUT2D eigenvalue weighted by atomic mass is 9.67. The van der Waals surface area contributed by atoms with Gasteiger partial charge in [0, 0.05) is 5.69 Å². The molecule has 1 spiro atoms. The maximum Gasteiger partial charge on any atom is 0.329 e. The summed E-state index contributed by atoms with van der Waals surface area (Å²) >= 11 is 0. The Bertz CT molecular complexity index is 788. The average Bonchev–Trinajstić information content (AvgIpc) is 2.93. The molecule has 1 aromatic carbocycles. The summed E-state index contributed by atoms with van der Waals surface area (Å²) in [6, 6.07) is 6.33. The Hall–Kier alpha value is -2.15. The van der Waals surface area contributed by atoms with Crippen LogP contribution in [0.4, 0.5) is 14.9 Å². The van der Waals surface area contributed by atoms with Gasteiger partial charge in [0.15, 0.2) is 6.67 Å². The van der Waals surface area contributed by atoms with E-state index in [1.807, 2.05) is 0 Å². The highest BCUT2D eigenvalue weighted by Gasteiger charge is 2.54. The molecule has 2 saturated heterocycles. The fourth-order valence-corrected chi connectivity index (χ4v) is 5.25. The molecule has 1 aliphatic carbocycles. The normalized spacial score (nSPS) is 28.3. The predicted molar refractivity (Wildman–Crippen MR) is 114 cm³/mol. The monoisotopic (exact) mass is 417 g/mol. The first kappa shape index (κ1) is 21.1. The largest absolute Gasteiger partial charge is 0.360 e. The van der Waals surface area contributed by atoms with Crippen LogP contribution in [-0.2, 0) is 4.79 Å². The number of carbonyl (C=O) groups excluding carboxylic acids is 2. The summed E-state index contributed by atoms with van der Waals surface area (Å²) < 4.78 is 13.1.